The van der Waals surface area contributed by atoms with Gasteiger partial charge in [0.05, 0.1) is 7.11 Å². The number of carbonyl (C=O) groups is 1. The number of methoxy groups -OCH3 is 1. The van der Waals surface area contributed by atoms with E-state index in [0.717, 1.165) is 0 Å². The van der Waals surface area contributed by atoms with Gasteiger partial charge in [0.15, 0.2) is 17.3 Å². The molecule has 154 valence electrons. The number of nitrogens with zero attached hydrogens (tertiary/aromatic N) is 4. The van der Waals surface area contributed by atoms with Crippen molar-refractivity contribution in [3.05, 3.63) is 53.6 Å². The minimum Gasteiger partial charge on any atom is -0.493 e. The number of hydrogen-bond acceptors (Lipinski definition) is 7. The normalized spacial score (nSPS) is 12.8. The first kappa shape index (κ1) is 19.4. The van der Waals surface area contributed by atoms with Gasteiger partial charge in [0, 0.05) is 11.8 Å². The van der Waals surface area contributed by atoms with Gasteiger partial charge in [-0.3, -0.25) is 4.79 Å². The summed E-state index contributed by atoms with van der Waals surface area (Å²) in [5.41, 5.74) is 1.24. The van der Waals surface area contributed by atoms with Gasteiger partial charge in [-0.25, -0.2) is 4.39 Å². The summed E-state index contributed by atoms with van der Waals surface area (Å²) in [4.78, 5) is 12.4. The summed E-state index contributed by atoms with van der Waals surface area (Å²) in [5.74, 6) is 1.14. The minimum atomic E-state index is -0.512. The Bertz CT molecular complexity index is 1110. The summed E-state index contributed by atoms with van der Waals surface area (Å²) in [6.07, 6.45) is 2.97. The van der Waals surface area contributed by atoms with Gasteiger partial charge in [-0.15, -0.1) is 5.10 Å². The number of halogens is 1. The van der Waals surface area contributed by atoms with Gasteiger partial charge in [-0.05, 0) is 59.3 Å². The number of benzene rings is 2. The quantitative estimate of drug-likeness (QED) is 0.644. The summed E-state index contributed by atoms with van der Waals surface area (Å²) >= 11 is 0. The predicted octanol–water partition coefficient (Wildman–Crippen LogP) is 2.54. The molecule has 0 unspecified atom stereocenters. The van der Waals surface area contributed by atoms with E-state index in [9.17, 15) is 9.18 Å². The van der Waals surface area contributed by atoms with Gasteiger partial charge in [-0.2, -0.15) is 4.68 Å². The average Bonchev–Trinajstić information content (AvgIpc) is 3.18. The monoisotopic (exact) mass is 411 g/mol. The number of fused-ring (bicyclic) bond motifs is 1. The molecule has 1 N–H and O–H groups in total. The van der Waals surface area contributed by atoms with Crippen LogP contribution in [0, 0.1) is 12.7 Å². The summed E-state index contributed by atoms with van der Waals surface area (Å²) in [5, 5.41) is 13.7. The van der Waals surface area contributed by atoms with E-state index < -0.39 is 11.7 Å². The van der Waals surface area contributed by atoms with Crippen molar-refractivity contribution in [2.24, 2.45) is 0 Å². The van der Waals surface area contributed by atoms with E-state index in [1.54, 1.807) is 25.1 Å². The van der Waals surface area contributed by atoms with E-state index in [1.807, 2.05) is 0 Å². The Labute approximate surface area is 171 Å². The maximum Gasteiger partial charge on any atom is 0.248 e. The minimum absolute atomic E-state index is 0.135. The Kier molecular flexibility index (Phi) is 5.29. The second-order valence-corrected chi connectivity index (χ2v) is 6.37. The Hall–Kier alpha value is -3.95. The van der Waals surface area contributed by atoms with Crippen LogP contribution in [0.15, 0.2) is 36.4 Å². The highest BCUT2D eigenvalue weighted by Gasteiger charge is 2.18. The van der Waals surface area contributed by atoms with Gasteiger partial charge in [0.2, 0.25) is 11.7 Å². The fourth-order valence-corrected chi connectivity index (χ4v) is 2.95. The Morgan fingerprint density at radius 3 is 2.87 bits per heavy atom. The molecule has 0 atom stereocenters. The van der Waals surface area contributed by atoms with E-state index >= 15 is 0 Å². The molecule has 1 amide bonds. The van der Waals surface area contributed by atoms with E-state index in [-0.39, 0.29) is 5.69 Å². The molecule has 0 saturated carbocycles. The van der Waals surface area contributed by atoms with Crippen molar-refractivity contribution in [3.63, 3.8) is 0 Å². The maximum absolute atomic E-state index is 14.2. The number of carbonyl (C=O) groups excluding carboxylic acids is 1. The molecule has 1 aliphatic heterocycles. The SMILES string of the molecule is COc1cc(/C=C/C(=O)Nc2ccc(F)c(-n3nnnc3C)c2)cc2c1OCCO2. The molecule has 9 nitrogen and oxygen atoms in total. The lowest BCUT2D eigenvalue weighted by atomic mass is 10.1. The zero-order valence-corrected chi connectivity index (χ0v) is 16.3. The maximum atomic E-state index is 14.2. The number of nitrogens with one attached hydrogen (secondary N) is 1. The smallest absolute Gasteiger partial charge is 0.248 e. The van der Waals surface area contributed by atoms with Crippen molar-refractivity contribution in [2.45, 2.75) is 6.92 Å². The van der Waals surface area contributed by atoms with E-state index in [1.165, 1.54) is 36.1 Å². The van der Waals surface area contributed by atoms with Crippen molar-refractivity contribution in [3.8, 4) is 22.9 Å². The Morgan fingerprint density at radius 1 is 1.27 bits per heavy atom. The van der Waals surface area contributed by atoms with Crippen molar-refractivity contribution >= 4 is 17.7 Å². The fourth-order valence-electron chi connectivity index (χ4n) is 2.95. The highest BCUT2D eigenvalue weighted by atomic mass is 19.1. The molecule has 3 aromatic rings. The van der Waals surface area contributed by atoms with Crippen LogP contribution in [0.4, 0.5) is 10.1 Å². The second-order valence-electron chi connectivity index (χ2n) is 6.37. The molecule has 10 heteroatoms. The summed E-state index contributed by atoms with van der Waals surface area (Å²) in [7, 11) is 1.53. The van der Waals surface area contributed by atoms with Crippen molar-refractivity contribution < 1.29 is 23.4 Å². The molecule has 1 aromatic heterocycles. The van der Waals surface area contributed by atoms with Gasteiger partial charge >= 0.3 is 0 Å². The van der Waals surface area contributed by atoms with Crippen LogP contribution in [-0.4, -0.2) is 46.4 Å². The molecule has 2 aromatic carbocycles. The Morgan fingerprint density at radius 2 is 2.10 bits per heavy atom. The first-order chi connectivity index (χ1) is 14.5. The fraction of sp³-hybridized carbons (Fsp3) is 0.200. The van der Waals surface area contributed by atoms with Crippen LogP contribution in [0.25, 0.3) is 11.8 Å². The van der Waals surface area contributed by atoms with E-state index in [4.69, 9.17) is 14.2 Å². The molecule has 4 rings (SSSR count). The number of aryl methyl sites for hydroxylation is 1. The summed E-state index contributed by atoms with van der Waals surface area (Å²) in [6.45, 7) is 2.54. The lowest BCUT2D eigenvalue weighted by molar-refractivity contribution is -0.111. The highest BCUT2D eigenvalue weighted by Crippen LogP contribution is 2.40. The van der Waals surface area contributed by atoms with Crippen molar-refractivity contribution in [1.82, 2.24) is 20.2 Å². The number of tetrazole rings is 1. The number of amides is 1. The molecule has 0 bridgehead atoms. The first-order valence-electron chi connectivity index (χ1n) is 9.07. The molecule has 0 saturated heterocycles. The van der Waals surface area contributed by atoms with E-state index in [2.05, 4.69) is 20.8 Å². The summed E-state index contributed by atoms with van der Waals surface area (Å²) < 4.78 is 31.9. The number of hydrogen-bond donors (Lipinski definition) is 1. The third-order valence-electron chi connectivity index (χ3n) is 4.34. The molecule has 0 fully saturated rings. The molecule has 1 aliphatic rings. The van der Waals surface area contributed by atoms with Crippen LogP contribution in [0.3, 0.4) is 0 Å². The molecular formula is C20H18FN5O4. The molecule has 0 radical (unpaired) electrons. The summed E-state index contributed by atoms with van der Waals surface area (Å²) in [6, 6.07) is 7.65. The van der Waals surface area contributed by atoms with Gasteiger partial charge < -0.3 is 19.5 Å². The highest BCUT2D eigenvalue weighted by molar-refractivity contribution is 6.02. The molecule has 0 spiro atoms. The number of rotatable bonds is 5. The predicted molar refractivity (Wildman–Crippen MR) is 105 cm³/mol. The largest absolute Gasteiger partial charge is 0.493 e. The van der Waals surface area contributed by atoms with Crippen molar-refractivity contribution in [1.29, 1.82) is 0 Å². The topological polar surface area (TPSA) is 100 Å². The number of ether oxygens (including phenoxy) is 3. The number of aromatic nitrogens is 4. The van der Waals surface area contributed by atoms with Crippen LogP contribution in [0.5, 0.6) is 17.2 Å². The van der Waals surface area contributed by atoms with Crippen LogP contribution < -0.4 is 19.5 Å². The zero-order valence-electron chi connectivity index (χ0n) is 16.3. The first-order valence-corrected chi connectivity index (χ1v) is 9.07. The number of anilines is 1. The van der Waals surface area contributed by atoms with E-state index in [0.29, 0.717) is 47.5 Å². The molecule has 0 aliphatic carbocycles. The molecular weight excluding hydrogens is 393 g/mol. The Balaban J connectivity index is 1.52. The van der Waals surface area contributed by atoms with Crippen LogP contribution in [-0.2, 0) is 4.79 Å². The standard InChI is InChI=1S/C20H18FN5O4/c1-12-23-24-25-26(12)16-11-14(4-5-15(16)21)22-19(27)6-3-13-9-17(28-2)20-18(10-13)29-7-8-30-20/h3-6,9-11H,7-8H2,1-2H3,(H,22,27)/b6-3+. The van der Waals surface area contributed by atoms with Crippen LogP contribution in [0.2, 0.25) is 0 Å². The lowest BCUT2D eigenvalue weighted by Gasteiger charge is -2.20. The van der Waals surface area contributed by atoms with Crippen molar-refractivity contribution in [2.75, 3.05) is 25.6 Å². The molecule has 30 heavy (non-hydrogen) atoms. The average molecular weight is 411 g/mol. The second kappa shape index (κ2) is 8.19. The van der Waals surface area contributed by atoms with Gasteiger partial charge in [-0.1, -0.05) is 0 Å². The zero-order chi connectivity index (χ0) is 21.1. The molecule has 2 heterocycles. The van der Waals surface area contributed by atoms with Crippen LogP contribution in [0.1, 0.15) is 11.4 Å². The van der Waals surface area contributed by atoms with Gasteiger partial charge in [0.25, 0.3) is 0 Å². The van der Waals surface area contributed by atoms with Crippen LogP contribution >= 0.6 is 0 Å². The van der Waals surface area contributed by atoms with Gasteiger partial charge in [0.1, 0.15) is 24.7 Å². The lowest BCUT2D eigenvalue weighted by Crippen LogP contribution is -2.16. The third-order valence-corrected chi connectivity index (χ3v) is 4.34. The third kappa shape index (κ3) is 3.93.